The van der Waals surface area contributed by atoms with Crippen LogP contribution in [0.5, 0.6) is 0 Å². The highest BCUT2D eigenvalue weighted by atomic mass is 79.9. The Bertz CT molecular complexity index is 503. The van der Waals surface area contributed by atoms with Crippen molar-refractivity contribution < 1.29 is 14.6 Å². The molecular formula is C13H20BrN3O3. The molecule has 6 nitrogen and oxygen atoms in total. The summed E-state index contributed by atoms with van der Waals surface area (Å²) >= 11 is 3.57. The van der Waals surface area contributed by atoms with Crippen LogP contribution in [0.25, 0.3) is 0 Å². The highest BCUT2D eigenvalue weighted by Gasteiger charge is 2.37. The first-order valence-electron chi connectivity index (χ1n) is 6.68. The van der Waals surface area contributed by atoms with E-state index in [0.717, 1.165) is 22.4 Å². The molecule has 20 heavy (non-hydrogen) atoms. The molecule has 0 saturated carbocycles. The number of nitrogens with zero attached hydrogens (tertiary/aromatic N) is 3. The van der Waals surface area contributed by atoms with E-state index in [-0.39, 0.29) is 12.6 Å². The fraction of sp³-hybridized carbons (Fsp3) is 0.692. The van der Waals surface area contributed by atoms with Gasteiger partial charge < -0.3 is 9.84 Å². The number of aryl methyl sites for hydroxylation is 2. The molecule has 2 rings (SSSR count). The molecule has 0 aromatic carbocycles. The van der Waals surface area contributed by atoms with Crippen LogP contribution in [0.3, 0.4) is 0 Å². The number of aromatic nitrogens is 2. The van der Waals surface area contributed by atoms with Gasteiger partial charge in [-0.15, -0.1) is 0 Å². The Morgan fingerprint density at radius 3 is 2.90 bits per heavy atom. The summed E-state index contributed by atoms with van der Waals surface area (Å²) in [4.78, 5) is 13.3. The van der Waals surface area contributed by atoms with Gasteiger partial charge in [-0.3, -0.25) is 14.4 Å². The van der Waals surface area contributed by atoms with Crippen molar-refractivity contribution in [2.75, 3.05) is 20.3 Å². The molecule has 112 valence electrons. The zero-order valence-corrected chi connectivity index (χ0v) is 13.6. The van der Waals surface area contributed by atoms with E-state index in [2.05, 4.69) is 21.0 Å². The molecule has 2 heterocycles. The average molecular weight is 346 g/mol. The molecule has 1 saturated heterocycles. The Hall–Kier alpha value is -0.920. The zero-order valence-electron chi connectivity index (χ0n) is 12.0. The van der Waals surface area contributed by atoms with Crippen LogP contribution < -0.4 is 0 Å². The standard InChI is InChI=1S/C13H20BrN3O3/c1-4-17-10(12(14)8(2)15-17)5-16(3)11-7-20-6-9(11)13(18)19/h9,11H,4-7H2,1-3H3,(H,18,19). The summed E-state index contributed by atoms with van der Waals surface area (Å²) in [7, 11) is 1.93. The van der Waals surface area contributed by atoms with Crippen LogP contribution in [-0.4, -0.2) is 52.1 Å². The number of hydrogen-bond acceptors (Lipinski definition) is 4. The number of aliphatic carboxylic acids is 1. The van der Waals surface area contributed by atoms with E-state index in [1.807, 2.05) is 30.5 Å². The second kappa shape index (κ2) is 6.24. The molecule has 0 bridgehead atoms. The van der Waals surface area contributed by atoms with E-state index in [1.54, 1.807) is 0 Å². The Labute approximate surface area is 126 Å². The summed E-state index contributed by atoms with van der Waals surface area (Å²) in [6.45, 7) is 6.19. The number of rotatable bonds is 5. The number of halogens is 1. The Morgan fingerprint density at radius 2 is 2.30 bits per heavy atom. The Morgan fingerprint density at radius 1 is 1.60 bits per heavy atom. The second-order valence-corrected chi connectivity index (χ2v) is 5.92. The summed E-state index contributed by atoms with van der Waals surface area (Å²) in [5.41, 5.74) is 2.02. The normalized spacial score (nSPS) is 22.6. The maximum Gasteiger partial charge on any atom is 0.310 e. The highest BCUT2D eigenvalue weighted by molar-refractivity contribution is 9.10. The van der Waals surface area contributed by atoms with Crippen LogP contribution in [0.1, 0.15) is 18.3 Å². The van der Waals surface area contributed by atoms with Crippen LogP contribution in [-0.2, 0) is 22.6 Å². The maximum absolute atomic E-state index is 11.2. The molecule has 1 aliphatic heterocycles. The first kappa shape index (κ1) is 15.5. The molecule has 1 aliphatic rings. The lowest BCUT2D eigenvalue weighted by molar-refractivity contribution is -0.143. The summed E-state index contributed by atoms with van der Waals surface area (Å²) in [6, 6.07) is -0.0973. The average Bonchev–Trinajstić information content (AvgIpc) is 2.99. The van der Waals surface area contributed by atoms with Gasteiger partial charge in [-0.25, -0.2) is 0 Å². The van der Waals surface area contributed by atoms with Gasteiger partial charge in [0.05, 0.1) is 35.0 Å². The molecule has 0 radical (unpaired) electrons. The number of likely N-dealkylation sites (N-methyl/N-ethyl adjacent to an activating group) is 1. The molecule has 1 aromatic rings. The van der Waals surface area contributed by atoms with Gasteiger partial charge >= 0.3 is 5.97 Å². The third-order valence-electron chi connectivity index (χ3n) is 3.79. The molecule has 0 aliphatic carbocycles. The van der Waals surface area contributed by atoms with E-state index < -0.39 is 11.9 Å². The highest BCUT2D eigenvalue weighted by Crippen LogP contribution is 2.25. The first-order valence-corrected chi connectivity index (χ1v) is 7.47. The van der Waals surface area contributed by atoms with Gasteiger partial charge in [-0.1, -0.05) is 0 Å². The lowest BCUT2D eigenvalue weighted by atomic mass is 10.0. The number of carbonyl (C=O) groups is 1. The van der Waals surface area contributed by atoms with Crippen LogP contribution in [0.15, 0.2) is 4.47 Å². The van der Waals surface area contributed by atoms with Crippen LogP contribution in [0.2, 0.25) is 0 Å². The molecular weight excluding hydrogens is 326 g/mol. The molecule has 0 amide bonds. The lowest BCUT2D eigenvalue weighted by Gasteiger charge is -2.26. The lowest BCUT2D eigenvalue weighted by Crippen LogP contribution is -2.40. The van der Waals surface area contributed by atoms with Crippen LogP contribution in [0, 0.1) is 12.8 Å². The van der Waals surface area contributed by atoms with Crippen LogP contribution in [0.4, 0.5) is 0 Å². The van der Waals surface area contributed by atoms with Gasteiger partial charge in [0, 0.05) is 19.1 Å². The van der Waals surface area contributed by atoms with Crippen molar-refractivity contribution in [2.24, 2.45) is 5.92 Å². The smallest absolute Gasteiger partial charge is 0.310 e. The van der Waals surface area contributed by atoms with Crippen molar-refractivity contribution in [1.29, 1.82) is 0 Å². The van der Waals surface area contributed by atoms with Crippen molar-refractivity contribution >= 4 is 21.9 Å². The third kappa shape index (κ3) is 2.89. The van der Waals surface area contributed by atoms with Gasteiger partial charge in [-0.05, 0) is 36.8 Å². The minimum Gasteiger partial charge on any atom is -0.481 e. The van der Waals surface area contributed by atoms with Crippen molar-refractivity contribution in [3.05, 3.63) is 15.9 Å². The molecule has 1 aromatic heterocycles. The first-order chi connectivity index (χ1) is 9.45. The third-order valence-corrected chi connectivity index (χ3v) is 4.82. The van der Waals surface area contributed by atoms with E-state index in [9.17, 15) is 9.90 Å². The fourth-order valence-corrected chi connectivity index (χ4v) is 3.00. The largest absolute Gasteiger partial charge is 0.481 e. The fourth-order valence-electron chi connectivity index (χ4n) is 2.59. The molecule has 7 heteroatoms. The summed E-state index contributed by atoms with van der Waals surface area (Å²) in [6.07, 6.45) is 0. The molecule has 2 unspecified atom stereocenters. The van der Waals surface area contributed by atoms with Crippen LogP contribution >= 0.6 is 15.9 Å². The minimum absolute atomic E-state index is 0.0973. The summed E-state index contributed by atoms with van der Waals surface area (Å²) in [5, 5.41) is 13.7. The van der Waals surface area contributed by atoms with E-state index in [1.165, 1.54) is 0 Å². The molecule has 1 N–H and O–H groups in total. The second-order valence-electron chi connectivity index (χ2n) is 5.13. The topological polar surface area (TPSA) is 67.6 Å². The minimum atomic E-state index is -0.793. The number of hydrogen-bond donors (Lipinski definition) is 1. The molecule has 2 atom stereocenters. The summed E-state index contributed by atoms with van der Waals surface area (Å²) < 4.78 is 8.27. The maximum atomic E-state index is 11.2. The Kier molecular flexibility index (Phi) is 4.82. The monoisotopic (exact) mass is 345 g/mol. The quantitative estimate of drug-likeness (QED) is 0.875. The Balaban J connectivity index is 2.15. The number of carboxylic acid groups (broad SMARTS) is 1. The van der Waals surface area contributed by atoms with Gasteiger partial charge in [0.2, 0.25) is 0 Å². The molecule has 1 fully saturated rings. The predicted molar refractivity (Wildman–Crippen MR) is 77.5 cm³/mol. The number of ether oxygens (including phenoxy) is 1. The van der Waals surface area contributed by atoms with Crippen molar-refractivity contribution in [2.45, 2.75) is 33.0 Å². The zero-order chi connectivity index (χ0) is 14.9. The van der Waals surface area contributed by atoms with Crippen molar-refractivity contribution in [3.8, 4) is 0 Å². The molecule has 0 spiro atoms. The van der Waals surface area contributed by atoms with Gasteiger partial charge in [0.1, 0.15) is 0 Å². The van der Waals surface area contributed by atoms with Gasteiger partial charge in [0.25, 0.3) is 0 Å². The van der Waals surface area contributed by atoms with E-state index >= 15 is 0 Å². The van der Waals surface area contributed by atoms with Crippen molar-refractivity contribution in [3.63, 3.8) is 0 Å². The predicted octanol–water partition coefficient (Wildman–Crippen LogP) is 1.51. The van der Waals surface area contributed by atoms with E-state index in [0.29, 0.717) is 13.2 Å². The van der Waals surface area contributed by atoms with Gasteiger partial charge in [-0.2, -0.15) is 5.10 Å². The SMILES string of the molecule is CCn1nc(C)c(Br)c1CN(C)C1COCC1C(=O)O. The van der Waals surface area contributed by atoms with E-state index in [4.69, 9.17) is 4.74 Å². The summed E-state index contributed by atoms with van der Waals surface area (Å²) in [5.74, 6) is -1.25. The number of carboxylic acids is 1. The van der Waals surface area contributed by atoms with Gasteiger partial charge in [0.15, 0.2) is 0 Å². The van der Waals surface area contributed by atoms with Crippen molar-refractivity contribution in [1.82, 2.24) is 14.7 Å².